The molecule has 100 valence electrons. The van der Waals surface area contributed by atoms with Crippen molar-refractivity contribution in [3.63, 3.8) is 0 Å². The van der Waals surface area contributed by atoms with Gasteiger partial charge >= 0.3 is 0 Å². The lowest BCUT2D eigenvalue weighted by molar-refractivity contribution is 0.480. The number of hydrogen-bond acceptors (Lipinski definition) is 3. The van der Waals surface area contributed by atoms with Crippen LogP contribution in [0.2, 0.25) is 0 Å². The van der Waals surface area contributed by atoms with E-state index in [4.69, 9.17) is 0 Å². The second-order valence-corrected chi connectivity index (χ2v) is 4.58. The van der Waals surface area contributed by atoms with Crippen LogP contribution in [0.15, 0.2) is 41.5 Å². The fraction of sp³-hybridized carbons (Fsp3) is 0.0667. The van der Waals surface area contributed by atoms with E-state index >= 15 is 0 Å². The van der Waals surface area contributed by atoms with Crippen LogP contribution >= 0.6 is 0 Å². The highest BCUT2D eigenvalue weighted by molar-refractivity contribution is 5.89. The highest BCUT2D eigenvalue weighted by Gasteiger charge is 2.10. The van der Waals surface area contributed by atoms with Crippen molar-refractivity contribution in [3.05, 3.63) is 58.4 Å². The first kappa shape index (κ1) is 12.3. The number of halogens is 1. The Bertz CT molecular complexity index is 871. The molecular weight excluding hydrogens is 259 g/mol. The van der Waals surface area contributed by atoms with Gasteiger partial charge < -0.3 is 10.1 Å². The molecule has 0 saturated heterocycles. The minimum absolute atomic E-state index is 0.104. The Balaban J connectivity index is 2.35. The zero-order valence-corrected chi connectivity index (χ0v) is 10.6. The summed E-state index contributed by atoms with van der Waals surface area (Å²) in [7, 11) is 0. The Morgan fingerprint density at radius 1 is 1.25 bits per heavy atom. The Morgan fingerprint density at radius 2 is 2.05 bits per heavy atom. The molecular formula is C15H11FN2O2. The molecule has 2 aromatic carbocycles. The second kappa shape index (κ2) is 4.45. The van der Waals surface area contributed by atoms with E-state index in [0.717, 1.165) is 5.56 Å². The Kier molecular flexibility index (Phi) is 2.75. The van der Waals surface area contributed by atoms with Crippen LogP contribution in [0, 0.1) is 12.7 Å². The molecule has 4 nitrogen and oxygen atoms in total. The molecule has 0 bridgehead atoms. The topological polar surface area (TPSA) is 66.0 Å². The van der Waals surface area contributed by atoms with Gasteiger partial charge in [0.05, 0.1) is 11.7 Å². The average Bonchev–Trinajstić information content (AvgIpc) is 2.42. The monoisotopic (exact) mass is 270 g/mol. The van der Waals surface area contributed by atoms with E-state index in [0.29, 0.717) is 11.1 Å². The average molecular weight is 270 g/mol. The molecule has 0 aliphatic rings. The number of phenolic OH excluding ortho intramolecular Hbond substituents is 1. The van der Waals surface area contributed by atoms with Crippen LogP contribution in [0.25, 0.3) is 22.0 Å². The van der Waals surface area contributed by atoms with Gasteiger partial charge in [0, 0.05) is 0 Å². The smallest absolute Gasteiger partial charge is 0.258 e. The van der Waals surface area contributed by atoms with E-state index in [1.165, 1.54) is 24.5 Å². The lowest BCUT2D eigenvalue weighted by Crippen LogP contribution is -2.06. The summed E-state index contributed by atoms with van der Waals surface area (Å²) in [6.45, 7) is 1.84. The van der Waals surface area contributed by atoms with Crippen LogP contribution in [0.5, 0.6) is 5.75 Å². The van der Waals surface area contributed by atoms with Crippen molar-refractivity contribution >= 4 is 10.9 Å². The van der Waals surface area contributed by atoms with Crippen molar-refractivity contribution in [3.8, 4) is 16.9 Å². The summed E-state index contributed by atoms with van der Waals surface area (Å²) >= 11 is 0. The van der Waals surface area contributed by atoms with Crippen molar-refractivity contribution in [2.45, 2.75) is 6.92 Å². The fourth-order valence-electron chi connectivity index (χ4n) is 2.22. The van der Waals surface area contributed by atoms with Crippen LogP contribution in [-0.4, -0.2) is 15.1 Å². The summed E-state index contributed by atoms with van der Waals surface area (Å²) in [5.74, 6) is -0.474. The number of benzene rings is 2. The maximum atomic E-state index is 13.4. The first-order valence-electron chi connectivity index (χ1n) is 6.03. The first-order chi connectivity index (χ1) is 9.56. The normalized spacial score (nSPS) is 10.9. The van der Waals surface area contributed by atoms with Crippen molar-refractivity contribution < 1.29 is 9.50 Å². The first-order valence-corrected chi connectivity index (χ1v) is 6.03. The maximum Gasteiger partial charge on any atom is 0.258 e. The third-order valence-electron chi connectivity index (χ3n) is 3.23. The molecule has 0 spiro atoms. The largest absolute Gasteiger partial charge is 0.506 e. The molecule has 3 aromatic rings. The molecule has 5 heteroatoms. The maximum absolute atomic E-state index is 13.4. The van der Waals surface area contributed by atoms with Gasteiger partial charge in [0.2, 0.25) is 0 Å². The molecule has 2 N–H and O–H groups in total. The summed E-state index contributed by atoms with van der Waals surface area (Å²) in [4.78, 5) is 18.2. The quantitative estimate of drug-likeness (QED) is 0.714. The molecule has 0 aliphatic heterocycles. The van der Waals surface area contributed by atoms with Gasteiger partial charge in [0.1, 0.15) is 17.1 Å². The number of phenols is 1. The second-order valence-electron chi connectivity index (χ2n) is 4.58. The number of nitrogens with zero attached hydrogens (tertiary/aromatic N) is 1. The zero-order valence-electron chi connectivity index (χ0n) is 10.6. The lowest BCUT2D eigenvalue weighted by atomic mass is 9.99. The third-order valence-corrected chi connectivity index (χ3v) is 3.23. The van der Waals surface area contributed by atoms with Gasteiger partial charge in [-0.15, -0.1) is 0 Å². The number of aromatic hydroxyl groups is 1. The van der Waals surface area contributed by atoms with Crippen LogP contribution in [0.3, 0.4) is 0 Å². The number of aromatic amines is 1. The molecule has 0 saturated carbocycles. The molecule has 1 heterocycles. The van der Waals surface area contributed by atoms with Crippen LogP contribution in [-0.2, 0) is 0 Å². The van der Waals surface area contributed by atoms with Crippen molar-refractivity contribution in [1.82, 2.24) is 9.97 Å². The number of aryl methyl sites for hydroxylation is 1. The van der Waals surface area contributed by atoms with E-state index in [2.05, 4.69) is 9.97 Å². The molecule has 1 aromatic heterocycles. The fourth-order valence-corrected chi connectivity index (χ4v) is 2.22. The molecule has 0 radical (unpaired) electrons. The zero-order chi connectivity index (χ0) is 14.3. The summed E-state index contributed by atoms with van der Waals surface area (Å²) in [5.41, 5.74) is 1.94. The summed E-state index contributed by atoms with van der Waals surface area (Å²) in [5, 5.41) is 10.3. The Morgan fingerprint density at radius 3 is 2.85 bits per heavy atom. The van der Waals surface area contributed by atoms with E-state index in [1.54, 1.807) is 12.1 Å². The van der Waals surface area contributed by atoms with Gasteiger partial charge in [0.15, 0.2) is 0 Å². The molecule has 3 rings (SSSR count). The van der Waals surface area contributed by atoms with E-state index in [-0.39, 0.29) is 28.0 Å². The molecule has 0 aliphatic carbocycles. The van der Waals surface area contributed by atoms with Crippen molar-refractivity contribution in [2.24, 2.45) is 0 Å². The van der Waals surface area contributed by atoms with Crippen molar-refractivity contribution in [2.75, 3.05) is 0 Å². The molecule has 0 unspecified atom stereocenters. The highest BCUT2D eigenvalue weighted by Crippen LogP contribution is 2.31. The van der Waals surface area contributed by atoms with Gasteiger partial charge in [-0.3, -0.25) is 4.79 Å². The number of nitrogens with one attached hydrogen (secondary N) is 1. The Labute approximate surface area is 113 Å². The van der Waals surface area contributed by atoms with E-state index in [9.17, 15) is 14.3 Å². The SMILES string of the molecule is Cc1ccc(F)cc1-c1cc(O)c2nc[nH]c(=O)c2c1. The summed E-state index contributed by atoms with van der Waals surface area (Å²) in [6, 6.07) is 7.48. The highest BCUT2D eigenvalue weighted by atomic mass is 19.1. The lowest BCUT2D eigenvalue weighted by Gasteiger charge is -2.08. The molecule has 0 fully saturated rings. The van der Waals surface area contributed by atoms with Crippen molar-refractivity contribution in [1.29, 1.82) is 0 Å². The third kappa shape index (κ3) is 1.93. The van der Waals surface area contributed by atoms with Gasteiger partial charge in [-0.2, -0.15) is 0 Å². The van der Waals surface area contributed by atoms with Crippen LogP contribution < -0.4 is 5.56 Å². The number of aromatic nitrogens is 2. The molecule has 0 atom stereocenters. The summed E-state index contributed by atoms with van der Waals surface area (Å²) in [6.07, 6.45) is 1.23. The number of H-pyrrole nitrogens is 1. The van der Waals surface area contributed by atoms with Gasteiger partial charge in [-0.1, -0.05) is 6.07 Å². The minimum atomic E-state index is -0.370. The standard InChI is InChI=1S/C15H11FN2O2/c1-8-2-3-10(16)6-11(8)9-4-12-14(13(19)5-9)17-7-18-15(12)20/h2-7,19H,1H3,(H,17,18,20). The minimum Gasteiger partial charge on any atom is -0.506 e. The predicted octanol–water partition coefficient (Wildman–Crippen LogP) is 2.74. The predicted molar refractivity (Wildman–Crippen MR) is 74.2 cm³/mol. The number of fused-ring (bicyclic) bond motifs is 1. The van der Waals surface area contributed by atoms with E-state index in [1.807, 2.05) is 6.92 Å². The van der Waals surface area contributed by atoms with E-state index < -0.39 is 0 Å². The van der Waals surface area contributed by atoms with Gasteiger partial charge in [0.25, 0.3) is 5.56 Å². The van der Waals surface area contributed by atoms with Crippen LogP contribution in [0.1, 0.15) is 5.56 Å². The number of hydrogen-bond donors (Lipinski definition) is 2. The summed E-state index contributed by atoms with van der Waals surface area (Å²) < 4.78 is 13.4. The molecule has 0 amide bonds. The number of rotatable bonds is 1. The van der Waals surface area contributed by atoms with Crippen LogP contribution in [0.4, 0.5) is 4.39 Å². The van der Waals surface area contributed by atoms with Gasteiger partial charge in [-0.25, -0.2) is 9.37 Å². The van der Waals surface area contributed by atoms with Gasteiger partial charge in [-0.05, 0) is 47.9 Å². The Hall–Kier alpha value is -2.69. The molecule has 20 heavy (non-hydrogen) atoms.